The lowest BCUT2D eigenvalue weighted by molar-refractivity contribution is -0.118. The number of benzene rings is 2. The molecule has 0 atom stereocenters. The zero-order valence-electron chi connectivity index (χ0n) is 19.4. The van der Waals surface area contributed by atoms with E-state index in [0.717, 1.165) is 0 Å². The smallest absolute Gasteiger partial charge is 0.254 e. The van der Waals surface area contributed by atoms with Crippen molar-refractivity contribution in [3.63, 3.8) is 0 Å². The van der Waals surface area contributed by atoms with Crippen molar-refractivity contribution in [3.05, 3.63) is 76.8 Å². The van der Waals surface area contributed by atoms with Gasteiger partial charge in [0.05, 0.1) is 12.0 Å². The van der Waals surface area contributed by atoms with Crippen LogP contribution in [-0.2, 0) is 17.6 Å². The first-order chi connectivity index (χ1) is 17.0. The first-order valence-corrected chi connectivity index (χ1v) is 10.9. The van der Waals surface area contributed by atoms with Gasteiger partial charge in [-0.25, -0.2) is 17.9 Å². The molecule has 0 radical (unpaired) electrons. The van der Waals surface area contributed by atoms with E-state index in [-0.39, 0.29) is 47.5 Å². The summed E-state index contributed by atoms with van der Waals surface area (Å²) in [6.07, 6.45) is -0.124. The average molecular weight is 497 g/mol. The second-order valence-corrected chi connectivity index (χ2v) is 8.52. The summed E-state index contributed by atoms with van der Waals surface area (Å²) < 4.78 is 47.7. The van der Waals surface area contributed by atoms with Crippen molar-refractivity contribution in [2.45, 2.75) is 32.7 Å². The Labute approximate surface area is 203 Å². The molecule has 8 nitrogen and oxygen atoms in total. The van der Waals surface area contributed by atoms with E-state index in [1.165, 1.54) is 10.7 Å². The van der Waals surface area contributed by atoms with Crippen molar-refractivity contribution >= 4 is 17.5 Å². The van der Waals surface area contributed by atoms with Crippen molar-refractivity contribution in [2.24, 2.45) is 5.73 Å². The Morgan fingerprint density at radius 2 is 1.67 bits per heavy atom. The molecule has 0 aliphatic rings. The number of aromatic nitrogens is 3. The monoisotopic (exact) mass is 497 g/mol. The molecule has 4 N–H and O–H groups in total. The van der Waals surface area contributed by atoms with Gasteiger partial charge in [-0.15, -0.1) is 0 Å². The third-order valence-corrected chi connectivity index (χ3v) is 5.51. The Kier molecular flexibility index (Phi) is 6.65. The molecule has 0 fully saturated rings. The number of nitrogens with two attached hydrogens (primary N) is 2. The summed E-state index contributed by atoms with van der Waals surface area (Å²) in [4.78, 5) is 24.5. The predicted molar refractivity (Wildman–Crippen MR) is 125 cm³/mol. The molecule has 0 saturated heterocycles. The van der Waals surface area contributed by atoms with E-state index in [1.54, 1.807) is 24.3 Å². The van der Waals surface area contributed by atoms with E-state index >= 15 is 0 Å². The molecule has 2 aromatic carbocycles. The number of hydrogen-bond acceptors (Lipinski definition) is 6. The summed E-state index contributed by atoms with van der Waals surface area (Å²) >= 11 is 0. The van der Waals surface area contributed by atoms with E-state index in [1.807, 2.05) is 13.8 Å². The van der Waals surface area contributed by atoms with E-state index in [9.17, 15) is 22.8 Å². The van der Waals surface area contributed by atoms with Crippen LogP contribution in [0.5, 0.6) is 0 Å². The molecule has 0 aliphatic heterocycles. The fourth-order valence-electron chi connectivity index (χ4n) is 3.85. The maximum Gasteiger partial charge on any atom is 0.254 e. The first kappa shape index (κ1) is 24.7. The number of amides is 1. The summed E-state index contributed by atoms with van der Waals surface area (Å²) in [7, 11) is 0. The lowest BCUT2D eigenvalue weighted by Crippen LogP contribution is -2.15. The van der Waals surface area contributed by atoms with Crippen molar-refractivity contribution in [1.82, 2.24) is 14.9 Å². The fourth-order valence-corrected chi connectivity index (χ4v) is 3.85. The summed E-state index contributed by atoms with van der Waals surface area (Å²) in [5.41, 5.74) is 12.6. The van der Waals surface area contributed by atoms with Crippen LogP contribution in [0.1, 0.15) is 41.6 Å². The van der Waals surface area contributed by atoms with Gasteiger partial charge < -0.3 is 16.0 Å². The maximum atomic E-state index is 14.0. The predicted octanol–water partition coefficient (Wildman–Crippen LogP) is 4.24. The van der Waals surface area contributed by atoms with Gasteiger partial charge in [-0.05, 0) is 19.4 Å². The molecule has 0 bridgehead atoms. The molecule has 4 rings (SSSR count). The van der Waals surface area contributed by atoms with Gasteiger partial charge >= 0.3 is 0 Å². The number of hydrogen-bond donors (Lipinski definition) is 2. The highest BCUT2D eigenvalue weighted by atomic mass is 19.1. The van der Waals surface area contributed by atoms with Gasteiger partial charge in [-0.3, -0.25) is 9.59 Å². The van der Waals surface area contributed by atoms with Crippen molar-refractivity contribution in [1.29, 1.82) is 0 Å². The maximum absolute atomic E-state index is 14.0. The van der Waals surface area contributed by atoms with Crippen LogP contribution in [0.2, 0.25) is 0 Å². The van der Waals surface area contributed by atoms with Crippen LogP contribution in [0.15, 0.2) is 47.0 Å². The highest BCUT2D eigenvalue weighted by molar-refractivity contribution is 6.03. The second kappa shape index (κ2) is 9.68. The van der Waals surface area contributed by atoms with Crippen LogP contribution < -0.4 is 11.5 Å². The Morgan fingerprint density at radius 1 is 1.03 bits per heavy atom. The molecule has 4 aromatic rings. The Balaban J connectivity index is 1.48. The standard InChI is InChI=1S/C25H22F3N5O3/c1-12(2)33-24(29)22(25(30)35)23(31-33)14-5-3-13(4-6-14)7-16(34)10-17-11-20(32-36-17)21-18(27)8-15(26)9-19(21)28/h3-6,8-9,11-12H,7,10,29H2,1-2H3,(H2,30,35). The highest BCUT2D eigenvalue weighted by Crippen LogP contribution is 2.30. The molecule has 0 saturated carbocycles. The van der Waals surface area contributed by atoms with E-state index in [0.29, 0.717) is 29.0 Å². The number of primary amides is 1. The van der Waals surface area contributed by atoms with Gasteiger partial charge in [0.15, 0.2) is 0 Å². The minimum absolute atomic E-state index is 0.0425. The van der Waals surface area contributed by atoms with Gasteiger partial charge in [-0.1, -0.05) is 29.4 Å². The van der Waals surface area contributed by atoms with Crippen LogP contribution in [0, 0.1) is 17.5 Å². The van der Waals surface area contributed by atoms with Crippen LogP contribution in [0.3, 0.4) is 0 Å². The number of ketones is 1. The van der Waals surface area contributed by atoms with Crippen molar-refractivity contribution < 1.29 is 27.3 Å². The number of nitrogens with zero attached hydrogens (tertiary/aromatic N) is 3. The molecule has 186 valence electrons. The van der Waals surface area contributed by atoms with Gasteiger partial charge in [0.1, 0.15) is 51.8 Å². The molecule has 0 unspecified atom stereocenters. The zero-order chi connectivity index (χ0) is 26.1. The Hall–Kier alpha value is -4.41. The molecule has 2 heterocycles. The number of halogens is 3. The van der Waals surface area contributed by atoms with Crippen LogP contribution in [0.4, 0.5) is 19.0 Å². The average Bonchev–Trinajstić information content (AvgIpc) is 3.37. The van der Waals surface area contributed by atoms with Gasteiger partial charge in [0.2, 0.25) is 0 Å². The fraction of sp³-hybridized carbons (Fsp3) is 0.200. The lowest BCUT2D eigenvalue weighted by atomic mass is 10.0. The molecule has 0 spiro atoms. The van der Waals surface area contributed by atoms with E-state index < -0.39 is 28.9 Å². The molecule has 2 aromatic heterocycles. The largest absolute Gasteiger partial charge is 0.383 e. The number of carbonyl (C=O) groups is 2. The van der Waals surface area contributed by atoms with E-state index in [4.69, 9.17) is 16.0 Å². The highest BCUT2D eigenvalue weighted by Gasteiger charge is 2.23. The van der Waals surface area contributed by atoms with Crippen LogP contribution in [-0.4, -0.2) is 26.6 Å². The minimum Gasteiger partial charge on any atom is -0.383 e. The normalized spacial score (nSPS) is 11.3. The SMILES string of the molecule is CC(C)n1nc(-c2ccc(CC(=O)Cc3cc(-c4c(F)cc(F)cc4F)no3)cc2)c(C(N)=O)c1N. The van der Waals surface area contributed by atoms with Crippen molar-refractivity contribution in [2.75, 3.05) is 5.73 Å². The first-order valence-electron chi connectivity index (χ1n) is 10.9. The number of nitrogen functional groups attached to an aromatic ring is 1. The number of anilines is 1. The topological polar surface area (TPSA) is 130 Å². The van der Waals surface area contributed by atoms with Crippen LogP contribution in [0.25, 0.3) is 22.5 Å². The number of rotatable bonds is 8. The second-order valence-electron chi connectivity index (χ2n) is 8.52. The molecular formula is C25H22F3N5O3. The Bertz CT molecular complexity index is 1440. The third kappa shape index (κ3) is 4.85. The summed E-state index contributed by atoms with van der Waals surface area (Å²) in [6, 6.07) is 9.05. The van der Waals surface area contributed by atoms with Gasteiger partial charge in [0.25, 0.3) is 5.91 Å². The summed E-state index contributed by atoms with van der Waals surface area (Å²) in [6.45, 7) is 3.74. The summed E-state index contributed by atoms with van der Waals surface area (Å²) in [5, 5.41) is 8.02. The number of Topliss-reactive ketones (excluding diaryl/α,β-unsaturated/α-hetero) is 1. The van der Waals surface area contributed by atoms with Crippen LogP contribution >= 0.6 is 0 Å². The molecule has 0 aliphatic carbocycles. The lowest BCUT2D eigenvalue weighted by Gasteiger charge is -2.06. The molecule has 11 heteroatoms. The quantitative estimate of drug-likeness (QED) is 0.375. The van der Waals surface area contributed by atoms with Crippen molar-refractivity contribution in [3.8, 4) is 22.5 Å². The number of carbonyl (C=O) groups excluding carboxylic acids is 2. The van der Waals surface area contributed by atoms with Gasteiger partial charge in [-0.2, -0.15) is 5.10 Å². The zero-order valence-corrected chi connectivity index (χ0v) is 19.4. The minimum atomic E-state index is -1.13. The third-order valence-electron chi connectivity index (χ3n) is 5.51. The molecule has 36 heavy (non-hydrogen) atoms. The van der Waals surface area contributed by atoms with E-state index in [2.05, 4.69) is 10.3 Å². The summed E-state index contributed by atoms with van der Waals surface area (Å²) in [5.74, 6) is -3.95. The molecular weight excluding hydrogens is 475 g/mol. The molecule has 1 amide bonds. The Morgan fingerprint density at radius 3 is 2.25 bits per heavy atom. The van der Waals surface area contributed by atoms with Gasteiger partial charge in [0, 0.05) is 36.2 Å².